The Kier molecular flexibility index (Phi) is 2.94. The van der Waals surface area contributed by atoms with Crippen LogP contribution < -0.4 is 0 Å². The van der Waals surface area contributed by atoms with Gasteiger partial charge >= 0.3 is 0 Å². The van der Waals surface area contributed by atoms with Crippen molar-refractivity contribution < 1.29 is 9.50 Å². The standard InChI is InChI=1S/C11H10ClFN2O/c1-15-6-8(5-14-15)11(16)7-2-3-10(13)9(12)4-7/h2-6,11,16H,1H3. The maximum atomic E-state index is 12.9. The Balaban J connectivity index is 2.33. The first-order chi connectivity index (χ1) is 7.58. The third kappa shape index (κ3) is 2.08. The van der Waals surface area contributed by atoms with Crippen LogP contribution in [0.3, 0.4) is 0 Å². The van der Waals surface area contributed by atoms with E-state index < -0.39 is 11.9 Å². The van der Waals surface area contributed by atoms with E-state index in [4.69, 9.17) is 11.6 Å². The summed E-state index contributed by atoms with van der Waals surface area (Å²) in [5.74, 6) is -0.496. The second kappa shape index (κ2) is 4.23. The van der Waals surface area contributed by atoms with Gasteiger partial charge in [-0.05, 0) is 17.7 Å². The smallest absolute Gasteiger partial charge is 0.141 e. The molecule has 0 aliphatic heterocycles. The number of nitrogens with zero attached hydrogens (tertiary/aromatic N) is 2. The molecule has 5 heteroatoms. The fourth-order valence-corrected chi connectivity index (χ4v) is 1.65. The molecule has 2 aromatic rings. The Hall–Kier alpha value is -1.39. The lowest BCUT2D eigenvalue weighted by Gasteiger charge is -2.09. The Morgan fingerprint density at radius 3 is 2.75 bits per heavy atom. The molecule has 3 nitrogen and oxygen atoms in total. The van der Waals surface area contributed by atoms with Crippen molar-refractivity contribution in [3.05, 3.63) is 52.6 Å². The zero-order valence-corrected chi connectivity index (χ0v) is 9.32. The van der Waals surface area contributed by atoms with Crippen molar-refractivity contribution in [1.29, 1.82) is 0 Å². The molecule has 0 saturated carbocycles. The van der Waals surface area contributed by atoms with Crippen LogP contribution in [0.15, 0.2) is 30.6 Å². The van der Waals surface area contributed by atoms with Crippen LogP contribution in [0.4, 0.5) is 4.39 Å². The summed E-state index contributed by atoms with van der Waals surface area (Å²) < 4.78 is 14.5. The molecule has 84 valence electrons. The quantitative estimate of drug-likeness (QED) is 0.875. The Morgan fingerprint density at radius 1 is 1.44 bits per heavy atom. The second-order valence-electron chi connectivity index (χ2n) is 3.52. The first-order valence-electron chi connectivity index (χ1n) is 4.69. The number of halogens is 2. The summed E-state index contributed by atoms with van der Waals surface area (Å²) in [6.45, 7) is 0. The van der Waals surface area contributed by atoms with Gasteiger partial charge in [0.1, 0.15) is 11.9 Å². The number of benzene rings is 1. The van der Waals surface area contributed by atoms with E-state index >= 15 is 0 Å². The molecule has 0 bridgehead atoms. The molecule has 1 heterocycles. The lowest BCUT2D eigenvalue weighted by molar-refractivity contribution is 0.220. The van der Waals surface area contributed by atoms with Crippen LogP contribution in [0.5, 0.6) is 0 Å². The molecule has 0 radical (unpaired) electrons. The zero-order valence-electron chi connectivity index (χ0n) is 8.56. The van der Waals surface area contributed by atoms with Gasteiger partial charge in [-0.2, -0.15) is 5.10 Å². The molecule has 0 aliphatic carbocycles. The van der Waals surface area contributed by atoms with E-state index in [1.165, 1.54) is 18.2 Å². The SMILES string of the molecule is Cn1cc(C(O)c2ccc(F)c(Cl)c2)cn1. The van der Waals surface area contributed by atoms with Gasteiger partial charge in [0.25, 0.3) is 0 Å². The number of rotatable bonds is 2. The van der Waals surface area contributed by atoms with E-state index in [2.05, 4.69) is 5.10 Å². The molecule has 1 N–H and O–H groups in total. The molecule has 1 aromatic carbocycles. The summed E-state index contributed by atoms with van der Waals surface area (Å²) in [5.41, 5.74) is 1.18. The van der Waals surface area contributed by atoms with Gasteiger partial charge in [0.2, 0.25) is 0 Å². The van der Waals surface area contributed by atoms with Crippen molar-refractivity contribution in [2.24, 2.45) is 7.05 Å². The van der Waals surface area contributed by atoms with Crippen LogP contribution in [0.1, 0.15) is 17.2 Å². The molecule has 0 aliphatic rings. The van der Waals surface area contributed by atoms with Crippen molar-refractivity contribution in [3.63, 3.8) is 0 Å². The van der Waals surface area contributed by atoms with Crippen molar-refractivity contribution in [2.45, 2.75) is 6.10 Å². The third-order valence-corrected chi connectivity index (χ3v) is 2.59. The van der Waals surface area contributed by atoms with Crippen molar-refractivity contribution >= 4 is 11.6 Å². The topological polar surface area (TPSA) is 38.0 Å². The zero-order chi connectivity index (χ0) is 11.7. The Bertz CT molecular complexity index is 512. The number of aliphatic hydroxyl groups is 1. The van der Waals surface area contributed by atoms with Crippen LogP contribution >= 0.6 is 11.6 Å². The number of aromatic nitrogens is 2. The summed E-state index contributed by atoms with van der Waals surface area (Å²) in [5, 5.41) is 13.9. The highest BCUT2D eigenvalue weighted by atomic mass is 35.5. The van der Waals surface area contributed by atoms with Gasteiger partial charge < -0.3 is 5.11 Å². The van der Waals surface area contributed by atoms with Crippen LogP contribution in [-0.4, -0.2) is 14.9 Å². The minimum atomic E-state index is -0.841. The van der Waals surface area contributed by atoms with E-state index in [1.54, 1.807) is 24.1 Å². The lowest BCUT2D eigenvalue weighted by atomic mass is 10.0. The molecule has 2 rings (SSSR count). The minimum absolute atomic E-state index is 0.000408. The van der Waals surface area contributed by atoms with E-state index in [0.717, 1.165) is 0 Å². The highest BCUT2D eigenvalue weighted by molar-refractivity contribution is 6.30. The molecular formula is C11H10ClFN2O. The monoisotopic (exact) mass is 240 g/mol. The number of hydrogen-bond acceptors (Lipinski definition) is 2. The summed E-state index contributed by atoms with van der Waals surface area (Å²) in [4.78, 5) is 0. The average molecular weight is 241 g/mol. The molecule has 16 heavy (non-hydrogen) atoms. The number of aliphatic hydroxyl groups excluding tert-OH is 1. The highest BCUT2D eigenvalue weighted by Gasteiger charge is 2.13. The van der Waals surface area contributed by atoms with Crippen LogP contribution in [-0.2, 0) is 7.05 Å². The summed E-state index contributed by atoms with van der Waals surface area (Å²) in [6.07, 6.45) is 2.41. The van der Waals surface area contributed by atoms with Gasteiger partial charge in [-0.3, -0.25) is 4.68 Å². The second-order valence-corrected chi connectivity index (χ2v) is 3.93. The predicted molar refractivity (Wildman–Crippen MR) is 58.7 cm³/mol. The molecule has 0 fully saturated rings. The number of aryl methyl sites for hydroxylation is 1. The van der Waals surface area contributed by atoms with Gasteiger partial charge in [-0.15, -0.1) is 0 Å². The van der Waals surface area contributed by atoms with E-state index in [1.807, 2.05) is 0 Å². The molecule has 0 amide bonds. The lowest BCUT2D eigenvalue weighted by Crippen LogP contribution is -1.98. The first kappa shape index (κ1) is 11.1. The average Bonchev–Trinajstić information content (AvgIpc) is 2.68. The molecule has 1 atom stereocenters. The van der Waals surface area contributed by atoms with Crippen molar-refractivity contribution in [3.8, 4) is 0 Å². The maximum absolute atomic E-state index is 12.9. The fourth-order valence-electron chi connectivity index (χ4n) is 1.46. The third-order valence-electron chi connectivity index (χ3n) is 2.30. The van der Waals surface area contributed by atoms with Gasteiger partial charge in [-0.1, -0.05) is 17.7 Å². The van der Waals surface area contributed by atoms with Gasteiger partial charge in [-0.25, -0.2) is 4.39 Å². The van der Waals surface area contributed by atoms with E-state index in [0.29, 0.717) is 11.1 Å². The van der Waals surface area contributed by atoms with Crippen molar-refractivity contribution in [2.75, 3.05) is 0 Å². The van der Waals surface area contributed by atoms with Crippen molar-refractivity contribution in [1.82, 2.24) is 9.78 Å². The van der Waals surface area contributed by atoms with Gasteiger partial charge in [0.05, 0.1) is 11.2 Å². The molecule has 0 saturated heterocycles. The van der Waals surface area contributed by atoms with E-state index in [-0.39, 0.29) is 5.02 Å². The Labute approximate surface area is 97.1 Å². The molecule has 1 aromatic heterocycles. The predicted octanol–water partition coefficient (Wildman–Crippen LogP) is 2.29. The summed E-state index contributed by atoms with van der Waals surface area (Å²) in [6, 6.07) is 4.14. The maximum Gasteiger partial charge on any atom is 0.141 e. The van der Waals surface area contributed by atoms with Crippen LogP contribution in [0.2, 0.25) is 5.02 Å². The molecule has 1 unspecified atom stereocenters. The first-order valence-corrected chi connectivity index (χ1v) is 5.07. The Morgan fingerprint density at radius 2 is 2.19 bits per heavy atom. The number of hydrogen-bond donors (Lipinski definition) is 1. The summed E-state index contributed by atoms with van der Waals surface area (Å²) >= 11 is 5.64. The molecular weight excluding hydrogens is 231 g/mol. The van der Waals surface area contributed by atoms with Crippen LogP contribution in [0.25, 0.3) is 0 Å². The molecule has 0 spiro atoms. The largest absolute Gasteiger partial charge is 0.384 e. The van der Waals surface area contributed by atoms with Crippen LogP contribution in [0, 0.1) is 5.82 Å². The van der Waals surface area contributed by atoms with E-state index in [9.17, 15) is 9.50 Å². The van der Waals surface area contributed by atoms with Gasteiger partial charge in [0.15, 0.2) is 0 Å². The van der Waals surface area contributed by atoms with Gasteiger partial charge in [0, 0.05) is 18.8 Å². The highest BCUT2D eigenvalue weighted by Crippen LogP contribution is 2.25. The fraction of sp³-hybridized carbons (Fsp3) is 0.182. The normalized spacial score (nSPS) is 12.8. The summed E-state index contributed by atoms with van der Waals surface area (Å²) in [7, 11) is 1.76. The minimum Gasteiger partial charge on any atom is -0.384 e.